The maximum atomic E-state index is 13.9. The molecule has 5 nitrogen and oxygen atoms in total. The fourth-order valence-corrected chi connectivity index (χ4v) is 4.54. The van der Waals surface area contributed by atoms with Crippen LogP contribution in [0.2, 0.25) is 5.02 Å². The molecule has 0 aliphatic carbocycles. The lowest BCUT2D eigenvalue weighted by molar-refractivity contribution is -0.384. The van der Waals surface area contributed by atoms with Crippen LogP contribution in [0.15, 0.2) is 52.8 Å². The molecule has 0 N–H and O–H groups in total. The van der Waals surface area contributed by atoms with Gasteiger partial charge in [-0.1, -0.05) is 38.3 Å². The Morgan fingerprint density at radius 1 is 1.16 bits per heavy atom. The molecule has 3 aromatic rings. The lowest BCUT2D eigenvalue weighted by atomic mass is 10.0. The van der Waals surface area contributed by atoms with Crippen LogP contribution in [0.25, 0.3) is 11.3 Å². The van der Waals surface area contributed by atoms with E-state index in [0.29, 0.717) is 11.6 Å². The molecule has 0 radical (unpaired) electrons. The van der Waals surface area contributed by atoms with Gasteiger partial charge in [0, 0.05) is 29.6 Å². The van der Waals surface area contributed by atoms with Gasteiger partial charge in [0.15, 0.2) is 4.80 Å². The Balaban J connectivity index is 2.05. The monoisotopic (exact) mass is 461 g/mol. The van der Waals surface area contributed by atoms with Crippen molar-refractivity contribution in [2.75, 3.05) is 0 Å². The highest BCUT2D eigenvalue weighted by molar-refractivity contribution is 7.07. The van der Waals surface area contributed by atoms with Crippen molar-refractivity contribution in [3.05, 3.63) is 73.6 Å². The van der Waals surface area contributed by atoms with Gasteiger partial charge in [-0.2, -0.15) is 0 Å². The average molecular weight is 462 g/mol. The Bertz CT molecular complexity index is 1120. The van der Waals surface area contributed by atoms with Crippen molar-refractivity contribution in [2.24, 2.45) is 10.9 Å². The van der Waals surface area contributed by atoms with Crippen LogP contribution in [0.1, 0.15) is 46.1 Å². The van der Waals surface area contributed by atoms with Gasteiger partial charge in [-0.15, -0.1) is 11.3 Å². The summed E-state index contributed by atoms with van der Waals surface area (Å²) in [5.74, 6) is 0.126. The second-order valence-electron chi connectivity index (χ2n) is 7.96. The van der Waals surface area contributed by atoms with E-state index in [1.165, 1.54) is 35.6 Å². The number of nitro groups is 1. The van der Waals surface area contributed by atoms with E-state index in [1.807, 2.05) is 5.38 Å². The summed E-state index contributed by atoms with van der Waals surface area (Å²) in [5.41, 5.74) is 2.35. The molecule has 0 aliphatic rings. The summed E-state index contributed by atoms with van der Waals surface area (Å²) in [6.45, 7) is 6.56. The normalized spacial score (nSPS) is 13.0. The number of rotatable bonds is 8. The predicted octanol–water partition coefficient (Wildman–Crippen LogP) is 7.54. The number of nitro benzene ring substituents is 1. The molecule has 8 heteroatoms. The summed E-state index contributed by atoms with van der Waals surface area (Å²) in [6, 6.07) is 11.2. The molecule has 0 aliphatic heterocycles. The Hall–Kier alpha value is -2.51. The van der Waals surface area contributed by atoms with Crippen molar-refractivity contribution >= 4 is 34.3 Å². The highest BCUT2D eigenvalue weighted by Gasteiger charge is 2.16. The lowest BCUT2D eigenvalue weighted by Crippen LogP contribution is -2.20. The topological polar surface area (TPSA) is 60.4 Å². The van der Waals surface area contributed by atoms with Crippen LogP contribution in [0.4, 0.5) is 15.8 Å². The quantitative estimate of drug-likeness (QED) is 0.257. The first-order valence-electron chi connectivity index (χ1n) is 10.2. The van der Waals surface area contributed by atoms with Gasteiger partial charge in [-0.05, 0) is 49.1 Å². The number of halogens is 2. The van der Waals surface area contributed by atoms with Crippen molar-refractivity contribution in [3.8, 4) is 11.3 Å². The molecule has 1 atom stereocenters. The van der Waals surface area contributed by atoms with Crippen molar-refractivity contribution in [1.29, 1.82) is 0 Å². The molecule has 2 aromatic carbocycles. The summed E-state index contributed by atoms with van der Waals surface area (Å²) in [6.07, 6.45) is 3.18. The van der Waals surface area contributed by atoms with Crippen LogP contribution in [-0.2, 0) is 0 Å². The van der Waals surface area contributed by atoms with E-state index in [2.05, 4.69) is 30.3 Å². The van der Waals surface area contributed by atoms with Crippen molar-refractivity contribution in [3.63, 3.8) is 0 Å². The molecule has 0 saturated heterocycles. The number of hydrogen-bond acceptors (Lipinski definition) is 4. The van der Waals surface area contributed by atoms with Crippen LogP contribution in [0.5, 0.6) is 0 Å². The van der Waals surface area contributed by atoms with E-state index in [9.17, 15) is 14.5 Å². The zero-order valence-electron chi connectivity index (χ0n) is 17.7. The van der Waals surface area contributed by atoms with Crippen molar-refractivity contribution in [1.82, 2.24) is 4.57 Å². The number of benzene rings is 2. The molecule has 3 rings (SSSR count). The van der Waals surface area contributed by atoms with Gasteiger partial charge in [0.1, 0.15) is 5.82 Å². The second kappa shape index (κ2) is 10.2. The van der Waals surface area contributed by atoms with Gasteiger partial charge < -0.3 is 4.57 Å². The minimum atomic E-state index is -0.508. The fourth-order valence-electron chi connectivity index (χ4n) is 3.41. The van der Waals surface area contributed by atoms with Crippen LogP contribution in [-0.4, -0.2) is 9.49 Å². The average Bonchev–Trinajstić information content (AvgIpc) is 3.14. The summed E-state index contributed by atoms with van der Waals surface area (Å²) >= 11 is 7.26. The number of nitrogens with zero attached hydrogens (tertiary/aromatic N) is 3. The summed E-state index contributed by atoms with van der Waals surface area (Å²) < 4.78 is 16.0. The minimum Gasteiger partial charge on any atom is -0.314 e. The molecule has 1 heterocycles. The molecule has 0 amide bonds. The maximum absolute atomic E-state index is 13.9. The molecule has 164 valence electrons. The molecule has 0 fully saturated rings. The third-order valence-electron chi connectivity index (χ3n) is 5.09. The Morgan fingerprint density at radius 3 is 2.48 bits per heavy atom. The van der Waals surface area contributed by atoms with Crippen LogP contribution < -0.4 is 4.80 Å². The largest absolute Gasteiger partial charge is 0.314 e. The first-order valence-corrected chi connectivity index (χ1v) is 11.5. The van der Waals surface area contributed by atoms with E-state index in [-0.39, 0.29) is 16.8 Å². The zero-order valence-corrected chi connectivity index (χ0v) is 19.3. The van der Waals surface area contributed by atoms with E-state index in [1.54, 1.807) is 18.2 Å². The maximum Gasteiger partial charge on any atom is 0.269 e. The molecule has 0 bridgehead atoms. The molecule has 1 aromatic heterocycles. The van der Waals surface area contributed by atoms with Crippen molar-refractivity contribution in [2.45, 2.75) is 46.1 Å². The van der Waals surface area contributed by atoms with Gasteiger partial charge in [0.2, 0.25) is 0 Å². The van der Waals surface area contributed by atoms with Gasteiger partial charge in [-0.25, -0.2) is 9.38 Å². The Kier molecular flexibility index (Phi) is 7.62. The highest BCUT2D eigenvalue weighted by atomic mass is 35.5. The van der Waals surface area contributed by atoms with Crippen molar-refractivity contribution < 1.29 is 9.31 Å². The first-order chi connectivity index (χ1) is 14.8. The van der Waals surface area contributed by atoms with Gasteiger partial charge in [0.05, 0.1) is 21.3 Å². The summed E-state index contributed by atoms with van der Waals surface area (Å²) in [7, 11) is 0. The molecule has 1 unspecified atom stereocenters. The predicted molar refractivity (Wildman–Crippen MR) is 124 cm³/mol. The number of hydrogen-bond donors (Lipinski definition) is 0. The van der Waals surface area contributed by atoms with E-state index < -0.39 is 10.7 Å². The Labute approximate surface area is 190 Å². The number of thiazole rings is 1. The second-order valence-corrected chi connectivity index (χ2v) is 9.21. The summed E-state index contributed by atoms with van der Waals surface area (Å²) in [5, 5.41) is 13.1. The van der Waals surface area contributed by atoms with Crippen LogP contribution in [0, 0.1) is 21.8 Å². The molecule has 31 heavy (non-hydrogen) atoms. The number of non-ortho nitro benzene ring substituents is 1. The SMILES string of the molecule is CC(C)CCCC(C)n1c(-c2ccc([N+](=O)[O-])cc2)csc1=Nc1ccc(Cl)c(F)c1. The number of aromatic nitrogens is 1. The molecular weight excluding hydrogens is 437 g/mol. The fraction of sp³-hybridized carbons (Fsp3) is 0.348. The van der Waals surface area contributed by atoms with Crippen LogP contribution in [0.3, 0.4) is 0 Å². The first kappa shape index (κ1) is 23.2. The Morgan fingerprint density at radius 2 is 1.87 bits per heavy atom. The standard InChI is InChI=1S/C23H25ClFN3O2S/c1-15(2)5-4-6-16(3)27-22(17-7-10-19(11-8-17)28(29)30)14-31-23(27)26-18-9-12-20(24)21(25)13-18/h7-16H,4-6H2,1-3H3. The zero-order chi connectivity index (χ0) is 22.5. The van der Waals surface area contributed by atoms with Gasteiger partial charge >= 0.3 is 0 Å². The molecule has 0 spiro atoms. The molecular formula is C23H25ClFN3O2S. The third-order valence-corrected chi connectivity index (χ3v) is 6.23. The highest BCUT2D eigenvalue weighted by Crippen LogP contribution is 2.28. The van der Waals surface area contributed by atoms with Gasteiger partial charge in [0.25, 0.3) is 5.69 Å². The van der Waals surface area contributed by atoms with Gasteiger partial charge in [-0.3, -0.25) is 10.1 Å². The summed E-state index contributed by atoms with van der Waals surface area (Å²) in [4.78, 5) is 16.0. The minimum absolute atomic E-state index is 0.0528. The molecule has 0 saturated carbocycles. The smallest absolute Gasteiger partial charge is 0.269 e. The van der Waals surface area contributed by atoms with E-state index in [4.69, 9.17) is 11.6 Å². The third kappa shape index (κ3) is 5.80. The van der Waals surface area contributed by atoms with E-state index >= 15 is 0 Å². The van der Waals surface area contributed by atoms with E-state index in [0.717, 1.165) is 35.3 Å². The lowest BCUT2D eigenvalue weighted by Gasteiger charge is -2.18. The van der Waals surface area contributed by atoms with Crippen LogP contribution >= 0.6 is 22.9 Å².